The fourth-order valence-electron chi connectivity index (χ4n) is 2.09. The summed E-state index contributed by atoms with van der Waals surface area (Å²) in [5, 5.41) is 9.52. The van der Waals surface area contributed by atoms with E-state index >= 15 is 0 Å². The molecule has 0 aliphatic carbocycles. The lowest BCUT2D eigenvalue weighted by Crippen LogP contribution is -2.39. The van der Waals surface area contributed by atoms with E-state index in [1.54, 1.807) is 18.2 Å². The van der Waals surface area contributed by atoms with Gasteiger partial charge in [0.15, 0.2) is 0 Å². The summed E-state index contributed by atoms with van der Waals surface area (Å²) in [5.41, 5.74) is 0.964. The molecule has 0 spiro atoms. The first-order valence-electron chi connectivity index (χ1n) is 5.75. The molecule has 0 saturated carbocycles. The first-order valence-corrected chi connectivity index (χ1v) is 5.75. The fraction of sp³-hybridized carbons (Fsp3) is 0.455. The van der Waals surface area contributed by atoms with Gasteiger partial charge in [-0.25, -0.2) is 0 Å². The number of nitrogens with zero attached hydrogens (tertiary/aromatic N) is 1. The Morgan fingerprint density at radius 2 is 1.94 bits per heavy atom. The third kappa shape index (κ3) is 2.38. The van der Waals surface area contributed by atoms with Crippen LogP contribution in [0.1, 0.15) is 5.56 Å². The summed E-state index contributed by atoms with van der Waals surface area (Å²) in [6, 6.07) is 5.09. The highest BCUT2D eigenvalue weighted by Gasteiger charge is 2.30. The molecular formula is C11H14BNO4. The van der Waals surface area contributed by atoms with Crippen LogP contribution in [-0.2, 0) is 15.9 Å². The van der Waals surface area contributed by atoms with Crippen LogP contribution >= 0.6 is 0 Å². The van der Waals surface area contributed by atoms with Crippen LogP contribution < -0.4 is 4.65 Å². The normalized spacial score (nSPS) is 20.8. The second kappa shape index (κ2) is 4.56. The average molecular weight is 235 g/mol. The molecule has 1 N–H and O–H groups in total. The number of phenols is 1. The van der Waals surface area contributed by atoms with Crippen molar-refractivity contribution in [2.75, 3.05) is 26.3 Å². The van der Waals surface area contributed by atoms with Gasteiger partial charge in [0, 0.05) is 38.4 Å². The highest BCUT2D eigenvalue weighted by Crippen LogP contribution is 2.27. The van der Waals surface area contributed by atoms with Crippen LogP contribution in [-0.4, -0.2) is 43.6 Å². The van der Waals surface area contributed by atoms with Gasteiger partial charge in [0.1, 0.15) is 11.5 Å². The van der Waals surface area contributed by atoms with E-state index in [4.69, 9.17) is 14.0 Å². The van der Waals surface area contributed by atoms with Crippen molar-refractivity contribution >= 4 is 7.32 Å². The van der Waals surface area contributed by atoms with E-state index in [9.17, 15) is 5.11 Å². The van der Waals surface area contributed by atoms with Gasteiger partial charge in [-0.3, -0.25) is 4.90 Å². The number of rotatable bonds is 0. The second-order valence-corrected chi connectivity index (χ2v) is 4.22. The van der Waals surface area contributed by atoms with Crippen molar-refractivity contribution in [3.05, 3.63) is 23.8 Å². The largest absolute Gasteiger partial charge is 0.713 e. The second-order valence-electron chi connectivity index (χ2n) is 4.22. The molecule has 5 nitrogen and oxygen atoms in total. The Morgan fingerprint density at radius 1 is 1.18 bits per heavy atom. The molecule has 1 aromatic rings. The van der Waals surface area contributed by atoms with Crippen LogP contribution in [0.5, 0.6) is 11.5 Å². The van der Waals surface area contributed by atoms with Crippen molar-refractivity contribution in [3.8, 4) is 11.5 Å². The minimum Gasteiger partial charge on any atom is -0.512 e. The van der Waals surface area contributed by atoms with E-state index in [0.717, 1.165) is 25.2 Å². The topological polar surface area (TPSA) is 51.2 Å². The maximum absolute atomic E-state index is 9.52. The van der Waals surface area contributed by atoms with Gasteiger partial charge < -0.3 is 19.1 Å². The van der Waals surface area contributed by atoms with Crippen LogP contribution in [0, 0.1) is 0 Å². The molecule has 1 aromatic carbocycles. The maximum atomic E-state index is 9.52. The standard InChI is InChI=1S/C11H14BNO4/c14-10-1-2-11-9(7-10)8-13-3-5-15-12(17-11)16-6-4-13/h1-2,7,14H,3-6,8H2. The van der Waals surface area contributed by atoms with Gasteiger partial charge in [-0.1, -0.05) is 0 Å². The van der Waals surface area contributed by atoms with Crippen LogP contribution in [0.2, 0.25) is 0 Å². The van der Waals surface area contributed by atoms with Gasteiger partial charge in [-0.15, -0.1) is 0 Å². The number of benzene rings is 1. The SMILES string of the molecule is Oc1ccc2c(c1)CN1CCOB(OCC1)O2. The molecule has 0 aromatic heterocycles. The zero-order valence-electron chi connectivity index (χ0n) is 9.46. The molecule has 4 rings (SSSR count). The van der Waals surface area contributed by atoms with Gasteiger partial charge in [0.2, 0.25) is 0 Å². The van der Waals surface area contributed by atoms with Crippen molar-refractivity contribution in [1.82, 2.24) is 4.90 Å². The Hall–Kier alpha value is -1.24. The van der Waals surface area contributed by atoms with Crippen LogP contribution in [0.4, 0.5) is 0 Å². The third-order valence-electron chi connectivity index (χ3n) is 2.98. The first-order chi connectivity index (χ1) is 8.31. The summed E-state index contributed by atoms with van der Waals surface area (Å²) in [5.74, 6) is 0.964. The maximum Gasteiger partial charge on any atom is 0.713 e. The number of fused-ring (bicyclic) bond motifs is 4. The Morgan fingerprint density at radius 3 is 2.71 bits per heavy atom. The third-order valence-corrected chi connectivity index (χ3v) is 2.98. The van der Waals surface area contributed by atoms with Crippen molar-refractivity contribution in [2.45, 2.75) is 6.54 Å². The van der Waals surface area contributed by atoms with Crippen LogP contribution in [0.15, 0.2) is 18.2 Å². The minimum atomic E-state index is -0.640. The predicted molar refractivity (Wildman–Crippen MR) is 61.7 cm³/mol. The van der Waals surface area contributed by atoms with E-state index < -0.39 is 7.32 Å². The molecule has 0 atom stereocenters. The number of hydrogen-bond donors (Lipinski definition) is 1. The van der Waals surface area contributed by atoms with E-state index in [-0.39, 0.29) is 5.75 Å². The Kier molecular flexibility index (Phi) is 2.92. The molecule has 0 amide bonds. The van der Waals surface area contributed by atoms with Crippen molar-refractivity contribution in [3.63, 3.8) is 0 Å². The Bertz CT molecular complexity index is 404. The van der Waals surface area contributed by atoms with Crippen LogP contribution in [0.3, 0.4) is 0 Å². The summed E-state index contributed by atoms with van der Waals surface area (Å²) < 4.78 is 16.6. The molecule has 0 radical (unpaired) electrons. The molecule has 1 fully saturated rings. The van der Waals surface area contributed by atoms with Crippen molar-refractivity contribution < 1.29 is 19.1 Å². The number of aromatic hydroxyl groups is 1. The lowest BCUT2D eigenvalue weighted by Gasteiger charge is -2.23. The van der Waals surface area contributed by atoms with E-state index in [2.05, 4.69) is 4.90 Å². The van der Waals surface area contributed by atoms with E-state index in [1.807, 2.05) is 0 Å². The van der Waals surface area contributed by atoms with Gasteiger partial charge in [-0.2, -0.15) is 0 Å². The Labute approximate surface area is 100 Å². The summed E-state index contributed by atoms with van der Waals surface area (Å²) in [4.78, 5) is 2.23. The lowest BCUT2D eigenvalue weighted by molar-refractivity contribution is 0.0829. The van der Waals surface area contributed by atoms with E-state index in [0.29, 0.717) is 19.0 Å². The molecule has 1 saturated heterocycles. The summed E-state index contributed by atoms with van der Waals surface area (Å²) in [6.45, 7) is 3.61. The average Bonchev–Trinajstić information content (AvgIpc) is 2.40. The molecule has 3 aliphatic rings. The summed E-state index contributed by atoms with van der Waals surface area (Å²) >= 11 is 0. The molecule has 90 valence electrons. The fourth-order valence-corrected chi connectivity index (χ4v) is 2.09. The zero-order chi connectivity index (χ0) is 11.7. The smallest absolute Gasteiger partial charge is 0.512 e. The molecule has 17 heavy (non-hydrogen) atoms. The molecular weight excluding hydrogens is 221 g/mol. The van der Waals surface area contributed by atoms with Crippen LogP contribution in [0.25, 0.3) is 0 Å². The van der Waals surface area contributed by atoms with Gasteiger partial charge in [-0.05, 0) is 18.2 Å². The highest BCUT2D eigenvalue weighted by molar-refractivity contribution is 6.37. The molecule has 3 aliphatic heterocycles. The molecule has 6 heteroatoms. The quantitative estimate of drug-likeness (QED) is 0.668. The first kappa shape index (κ1) is 10.9. The number of phenolic OH excluding ortho intramolecular Hbond substituents is 1. The summed E-state index contributed by atoms with van der Waals surface area (Å²) in [6.07, 6.45) is 0. The summed E-state index contributed by atoms with van der Waals surface area (Å²) in [7, 11) is -0.640. The zero-order valence-corrected chi connectivity index (χ0v) is 9.46. The highest BCUT2D eigenvalue weighted by atomic mass is 16.7. The minimum absolute atomic E-state index is 0.254. The lowest BCUT2D eigenvalue weighted by atomic mass is 10.1. The van der Waals surface area contributed by atoms with Gasteiger partial charge in [0.25, 0.3) is 0 Å². The van der Waals surface area contributed by atoms with Gasteiger partial charge >= 0.3 is 7.32 Å². The predicted octanol–water partition coefficient (Wildman–Crippen LogP) is 0.618. The van der Waals surface area contributed by atoms with E-state index in [1.165, 1.54) is 0 Å². The van der Waals surface area contributed by atoms with Crippen molar-refractivity contribution in [2.24, 2.45) is 0 Å². The Balaban J connectivity index is 1.97. The molecule has 0 unspecified atom stereocenters. The number of hydrogen-bond acceptors (Lipinski definition) is 5. The van der Waals surface area contributed by atoms with Crippen molar-refractivity contribution in [1.29, 1.82) is 0 Å². The molecule has 2 bridgehead atoms. The monoisotopic (exact) mass is 235 g/mol. The molecule has 3 heterocycles. The van der Waals surface area contributed by atoms with Gasteiger partial charge in [0.05, 0.1) is 0 Å².